The predicted octanol–water partition coefficient (Wildman–Crippen LogP) is 3.56. The molecule has 0 radical (unpaired) electrons. The first-order valence-electron chi connectivity index (χ1n) is 10.3. The number of nitrogens with zero attached hydrogens (tertiary/aromatic N) is 3. The molecule has 2 aliphatic rings. The van der Waals surface area contributed by atoms with Gasteiger partial charge in [0, 0.05) is 15.9 Å². The van der Waals surface area contributed by atoms with Crippen molar-refractivity contribution in [2.45, 2.75) is 9.79 Å². The van der Waals surface area contributed by atoms with E-state index in [-0.39, 0.29) is 11.1 Å². The maximum absolute atomic E-state index is 13.1. The van der Waals surface area contributed by atoms with Crippen molar-refractivity contribution in [3.63, 3.8) is 0 Å². The van der Waals surface area contributed by atoms with Crippen LogP contribution in [0.15, 0.2) is 76.5 Å². The predicted molar refractivity (Wildman–Crippen MR) is 124 cm³/mol. The lowest BCUT2D eigenvalue weighted by Crippen LogP contribution is -2.38. The number of rotatable bonds is 5. The van der Waals surface area contributed by atoms with Crippen molar-refractivity contribution in [2.75, 3.05) is 18.1 Å². The number of nitro benzene ring substituents is 1. The molecule has 35 heavy (non-hydrogen) atoms. The van der Waals surface area contributed by atoms with Crippen LogP contribution in [0.3, 0.4) is 0 Å². The summed E-state index contributed by atoms with van der Waals surface area (Å²) < 4.78 is 5.11. The second kappa shape index (κ2) is 8.69. The molecule has 11 heteroatoms. The van der Waals surface area contributed by atoms with Crippen LogP contribution in [0.4, 0.5) is 17.1 Å². The highest BCUT2D eigenvalue weighted by molar-refractivity contribution is 7.99. The molecule has 2 aliphatic heterocycles. The Morgan fingerprint density at radius 1 is 0.886 bits per heavy atom. The first-order valence-corrected chi connectivity index (χ1v) is 11.2. The highest BCUT2D eigenvalue weighted by Gasteiger charge is 2.42. The molecule has 0 aromatic heterocycles. The molecule has 0 atom stereocenters. The van der Waals surface area contributed by atoms with E-state index in [1.165, 1.54) is 28.8 Å². The van der Waals surface area contributed by atoms with Crippen LogP contribution in [0.25, 0.3) is 0 Å². The van der Waals surface area contributed by atoms with E-state index in [1.54, 1.807) is 24.3 Å². The molecule has 0 N–H and O–H groups in total. The number of nitro groups is 1. The highest BCUT2D eigenvalue weighted by atomic mass is 32.2. The van der Waals surface area contributed by atoms with Crippen molar-refractivity contribution in [1.82, 2.24) is 4.90 Å². The van der Waals surface area contributed by atoms with Gasteiger partial charge >= 0.3 is 5.97 Å². The maximum atomic E-state index is 13.1. The summed E-state index contributed by atoms with van der Waals surface area (Å²) in [6, 6.07) is 18.3. The fourth-order valence-corrected chi connectivity index (χ4v) is 5.02. The summed E-state index contributed by atoms with van der Waals surface area (Å²) in [5.41, 5.74) is 0.236. The number of para-hydroxylation sites is 2. The van der Waals surface area contributed by atoms with E-state index in [9.17, 15) is 29.3 Å². The molecule has 0 aliphatic carbocycles. The van der Waals surface area contributed by atoms with Crippen LogP contribution >= 0.6 is 11.8 Å². The summed E-state index contributed by atoms with van der Waals surface area (Å²) in [6.07, 6.45) is 0. The third kappa shape index (κ3) is 3.81. The Hall–Kier alpha value is -4.51. The first kappa shape index (κ1) is 22.3. The van der Waals surface area contributed by atoms with E-state index in [4.69, 9.17) is 4.74 Å². The van der Waals surface area contributed by atoms with Gasteiger partial charge in [0.15, 0.2) is 6.61 Å². The van der Waals surface area contributed by atoms with Crippen molar-refractivity contribution in [3.05, 3.63) is 88.0 Å². The average Bonchev–Trinajstić information content (AvgIpc) is 3.10. The molecule has 0 bridgehead atoms. The number of esters is 1. The summed E-state index contributed by atoms with van der Waals surface area (Å²) in [7, 11) is 0. The molecular formula is C24H15N3O7S. The van der Waals surface area contributed by atoms with Gasteiger partial charge in [-0.05, 0) is 30.3 Å². The molecule has 0 fully saturated rings. The maximum Gasteiger partial charge on any atom is 0.326 e. The highest BCUT2D eigenvalue weighted by Crippen LogP contribution is 2.47. The van der Waals surface area contributed by atoms with Crippen molar-refractivity contribution in [2.24, 2.45) is 0 Å². The Bertz CT molecular complexity index is 1390. The third-order valence-electron chi connectivity index (χ3n) is 5.50. The fourth-order valence-electron chi connectivity index (χ4n) is 3.97. The van der Waals surface area contributed by atoms with Crippen LogP contribution in [0, 0.1) is 10.1 Å². The molecule has 0 saturated carbocycles. The number of carbonyl (C=O) groups is 4. The largest absolute Gasteiger partial charge is 0.454 e. The zero-order valence-electron chi connectivity index (χ0n) is 17.9. The average molecular weight is 489 g/mol. The van der Waals surface area contributed by atoms with E-state index in [1.807, 2.05) is 24.3 Å². The Balaban J connectivity index is 1.30. The van der Waals surface area contributed by atoms with Gasteiger partial charge in [0.1, 0.15) is 12.1 Å². The number of hydrogen-bond acceptors (Lipinski definition) is 8. The second-order valence-electron chi connectivity index (χ2n) is 7.58. The van der Waals surface area contributed by atoms with Crippen LogP contribution in [-0.2, 0) is 14.3 Å². The first-order chi connectivity index (χ1) is 16.9. The minimum atomic E-state index is -0.997. The van der Waals surface area contributed by atoms with E-state index >= 15 is 0 Å². The number of anilines is 2. The van der Waals surface area contributed by atoms with Crippen LogP contribution in [0.1, 0.15) is 20.7 Å². The molecule has 0 spiro atoms. The van der Waals surface area contributed by atoms with E-state index in [2.05, 4.69) is 0 Å². The Kier molecular flexibility index (Phi) is 5.53. The molecule has 3 aromatic rings. The lowest BCUT2D eigenvalue weighted by atomic mass is 10.1. The van der Waals surface area contributed by atoms with Crippen LogP contribution < -0.4 is 4.90 Å². The Labute approximate surface area is 202 Å². The minimum absolute atomic E-state index is 0.160. The fraction of sp³-hybridized carbons (Fsp3) is 0.0833. The van der Waals surface area contributed by atoms with Gasteiger partial charge in [-0.2, -0.15) is 0 Å². The summed E-state index contributed by atoms with van der Waals surface area (Å²) in [4.78, 5) is 65.0. The van der Waals surface area contributed by atoms with Gasteiger partial charge in [-0.15, -0.1) is 0 Å². The normalized spacial score (nSPS) is 13.7. The van der Waals surface area contributed by atoms with Gasteiger partial charge in [0.05, 0.1) is 21.9 Å². The van der Waals surface area contributed by atoms with Crippen LogP contribution in [0.2, 0.25) is 0 Å². The van der Waals surface area contributed by atoms with Gasteiger partial charge in [-0.25, -0.2) is 0 Å². The van der Waals surface area contributed by atoms with Gasteiger partial charge in [-0.1, -0.05) is 42.1 Å². The van der Waals surface area contributed by atoms with E-state index in [0.717, 1.165) is 15.9 Å². The molecule has 5 rings (SSSR count). The topological polar surface area (TPSA) is 127 Å². The van der Waals surface area contributed by atoms with Crippen molar-refractivity contribution < 1.29 is 28.8 Å². The smallest absolute Gasteiger partial charge is 0.326 e. The summed E-state index contributed by atoms with van der Waals surface area (Å²) in [6.45, 7) is -1.41. The van der Waals surface area contributed by atoms with Gasteiger partial charge in [0.2, 0.25) is 0 Å². The number of fused-ring (bicyclic) bond motifs is 3. The zero-order chi connectivity index (χ0) is 24.7. The van der Waals surface area contributed by atoms with Crippen molar-refractivity contribution in [3.8, 4) is 0 Å². The van der Waals surface area contributed by atoms with Crippen molar-refractivity contribution >= 4 is 52.5 Å². The molecule has 0 saturated heterocycles. The van der Waals surface area contributed by atoms with E-state index < -0.39 is 47.5 Å². The minimum Gasteiger partial charge on any atom is -0.454 e. The van der Waals surface area contributed by atoms with Gasteiger partial charge < -0.3 is 4.74 Å². The third-order valence-corrected chi connectivity index (χ3v) is 6.63. The molecule has 0 unspecified atom stereocenters. The number of imide groups is 1. The second-order valence-corrected chi connectivity index (χ2v) is 8.66. The molecule has 3 amide bonds. The molecule has 3 aromatic carbocycles. The zero-order valence-corrected chi connectivity index (χ0v) is 18.7. The SMILES string of the molecule is O=C(CN1C(=O)c2cccc([N+](=O)[O-])c2C1=O)OCC(=O)N1c2ccccc2Sc2ccccc21. The lowest BCUT2D eigenvalue weighted by molar-refractivity contribution is -0.385. The number of benzene rings is 3. The number of carbonyl (C=O) groups excluding carboxylic acids is 4. The molecular weight excluding hydrogens is 474 g/mol. The lowest BCUT2D eigenvalue weighted by Gasteiger charge is -2.30. The van der Waals surface area contributed by atoms with Crippen LogP contribution in [-0.4, -0.2) is 46.7 Å². The standard InChI is InChI=1S/C24H15N3O7S/c28-20(26-15-7-1-3-10-18(15)35-19-11-4-2-8-16(19)26)13-34-21(29)12-25-23(30)14-6-5-9-17(27(32)33)22(14)24(25)31/h1-11H,12-13H2. The Morgan fingerprint density at radius 2 is 1.51 bits per heavy atom. The van der Waals surface area contributed by atoms with Crippen molar-refractivity contribution in [1.29, 1.82) is 0 Å². The quantitative estimate of drug-likeness (QED) is 0.230. The molecule has 10 nitrogen and oxygen atoms in total. The summed E-state index contributed by atoms with van der Waals surface area (Å²) in [5.74, 6) is -3.32. The monoisotopic (exact) mass is 489 g/mol. The number of amides is 3. The molecule has 2 heterocycles. The molecule has 174 valence electrons. The van der Waals surface area contributed by atoms with Gasteiger partial charge in [0.25, 0.3) is 23.4 Å². The van der Waals surface area contributed by atoms with Gasteiger partial charge in [-0.3, -0.25) is 39.1 Å². The number of ether oxygens (including phenoxy) is 1. The summed E-state index contributed by atoms with van der Waals surface area (Å²) >= 11 is 1.52. The number of hydrogen-bond donors (Lipinski definition) is 0. The van der Waals surface area contributed by atoms with Crippen LogP contribution in [0.5, 0.6) is 0 Å². The van der Waals surface area contributed by atoms with E-state index in [0.29, 0.717) is 16.3 Å². The summed E-state index contributed by atoms with van der Waals surface area (Å²) in [5, 5.41) is 11.2. The Morgan fingerprint density at radius 3 is 2.14 bits per heavy atom.